The number of guanidine groups is 1. The van der Waals surface area contributed by atoms with Gasteiger partial charge in [0.25, 0.3) is 0 Å². The topological polar surface area (TPSA) is 49.3 Å². The van der Waals surface area contributed by atoms with Crippen LogP contribution in [0.5, 0.6) is 11.5 Å². The number of benzene rings is 2. The van der Waals surface area contributed by atoms with Gasteiger partial charge in [-0.25, -0.2) is 0 Å². The van der Waals surface area contributed by atoms with Gasteiger partial charge in [0.1, 0.15) is 17.6 Å². The highest BCUT2D eigenvalue weighted by Crippen LogP contribution is 2.31. The quantitative estimate of drug-likeness (QED) is 0.569. The van der Waals surface area contributed by atoms with Crippen LogP contribution in [0, 0.1) is 5.92 Å². The van der Waals surface area contributed by atoms with Crippen molar-refractivity contribution in [1.29, 1.82) is 0 Å². The Labute approximate surface area is 185 Å². The standard InChI is InChI=1S/C25H34N4O2/c1-26-25(28-16-13-22(14-17-28)31-21-8-4-3-5-9-21)27-18-20-12-15-29(19-20)23-10-6-7-11-24(23)30-2/h3-11,20,22H,12-19H2,1-2H3,(H,26,27). The number of anilines is 1. The summed E-state index contributed by atoms with van der Waals surface area (Å²) in [6.45, 7) is 4.98. The van der Waals surface area contributed by atoms with Crippen LogP contribution in [-0.2, 0) is 0 Å². The number of piperidine rings is 1. The SMILES string of the molecule is CN=C(NCC1CCN(c2ccccc2OC)C1)N1CCC(Oc2ccccc2)CC1. The minimum absolute atomic E-state index is 0.279. The molecule has 1 atom stereocenters. The van der Waals surface area contributed by atoms with Crippen LogP contribution in [0.2, 0.25) is 0 Å². The molecule has 6 nitrogen and oxygen atoms in total. The molecule has 0 saturated carbocycles. The second-order valence-electron chi connectivity index (χ2n) is 8.32. The number of aliphatic imine (C=N–C) groups is 1. The van der Waals surface area contributed by atoms with Crippen molar-refractivity contribution in [3.8, 4) is 11.5 Å². The van der Waals surface area contributed by atoms with Crippen molar-refractivity contribution in [3.05, 3.63) is 54.6 Å². The number of nitrogens with zero attached hydrogens (tertiary/aromatic N) is 3. The third kappa shape index (κ3) is 5.43. The number of nitrogens with one attached hydrogen (secondary N) is 1. The number of methoxy groups -OCH3 is 1. The molecule has 4 rings (SSSR count). The maximum atomic E-state index is 6.13. The maximum Gasteiger partial charge on any atom is 0.193 e. The summed E-state index contributed by atoms with van der Waals surface area (Å²) in [6.07, 6.45) is 3.48. The molecule has 0 spiro atoms. The minimum Gasteiger partial charge on any atom is -0.495 e. The van der Waals surface area contributed by atoms with Crippen LogP contribution in [0.25, 0.3) is 0 Å². The van der Waals surface area contributed by atoms with Crippen molar-refractivity contribution in [2.24, 2.45) is 10.9 Å². The van der Waals surface area contributed by atoms with Crippen LogP contribution in [-0.4, -0.2) is 63.8 Å². The summed E-state index contributed by atoms with van der Waals surface area (Å²) in [5.74, 6) is 3.52. The molecule has 2 aromatic carbocycles. The van der Waals surface area contributed by atoms with Gasteiger partial charge in [-0.2, -0.15) is 0 Å². The van der Waals surface area contributed by atoms with E-state index in [2.05, 4.69) is 32.2 Å². The van der Waals surface area contributed by atoms with E-state index in [1.54, 1.807) is 7.11 Å². The molecule has 1 unspecified atom stereocenters. The van der Waals surface area contributed by atoms with Crippen LogP contribution in [0.3, 0.4) is 0 Å². The molecule has 2 aliphatic heterocycles. The first-order chi connectivity index (χ1) is 15.3. The van der Waals surface area contributed by atoms with Crippen molar-refractivity contribution < 1.29 is 9.47 Å². The molecule has 0 aromatic heterocycles. The first kappa shape index (κ1) is 21.3. The number of hydrogen-bond acceptors (Lipinski definition) is 4. The Balaban J connectivity index is 1.23. The Morgan fingerprint density at radius 2 is 1.74 bits per heavy atom. The molecule has 2 fully saturated rings. The van der Waals surface area contributed by atoms with E-state index in [4.69, 9.17) is 9.47 Å². The van der Waals surface area contributed by atoms with Crippen molar-refractivity contribution in [1.82, 2.24) is 10.2 Å². The van der Waals surface area contributed by atoms with E-state index < -0.39 is 0 Å². The van der Waals surface area contributed by atoms with E-state index in [-0.39, 0.29) is 6.10 Å². The molecule has 31 heavy (non-hydrogen) atoms. The van der Waals surface area contributed by atoms with Gasteiger partial charge in [0, 0.05) is 52.6 Å². The van der Waals surface area contributed by atoms with Gasteiger partial charge in [-0.3, -0.25) is 4.99 Å². The summed E-state index contributed by atoms with van der Waals surface area (Å²) < 4.78 is 11.7. The zero-order valence-electron chi connectivity index (χ0n) is 18.7. The number of rotatable bonds is 6. The van der Waals surface area contributed by atoms with E-state index in [1.807, 2.05) is 49.5 Å². The number of ether oxygens (including phenoxy) is 2. The van der Waals surface area contributed by atoms with Crippen LogP contribution in [0.15, 0.2) is 59.6 Å². The molecular weight excluding hydrogens is 388 g/mol. The van der Waals surface area contributed by atoms with E-state index in [9.17, 15) is 0 Å². The highest BCUT2D eigenvalue weighted by Gasteiger charge is 2.26. The number of likely N-dealkylation sites (tertiary alicyclic amines) is 1. The van der Waals surface area contributed by atoms with Gasteiger partial charge in [0.15, 0.2) is 5.96 Å². The highest BCUT2D eigenvalue weighted by atomic mass is 16.5. The second kappa shape index (κ2) is 10.4. The van der Waals surface area contributed by atoms with Crippen molar-refractivity contribution in [3.63, 3.8) is 0 Å². The number of para-hydroxylation sites is 3. The third-order valence-corrected chi connectivity index (χ3v) is 6.26. The average Bonchev–Trinajstić information content (AvgIpc) is 3.30. The summed E-state index contributed by atoms with van der Waals surface area (Å²) in [5.41, 5.74) is 1.19. The fraction of sp³-hybridized carbons (Fsp3) is 0.480. The van der Waals surface area contributed by atoms with Gasteiger partial charge in [-0.1, -0.05) is 30.3 Å². The summed E-state index contributed by atoms with van der Waals surface area (Å²) in [5, 5.41) is 3.62. The zero-order valence-corrected chi connectivity index (χ0v) is 18.7. The van der Waals surface area contributed by atoms with Crippen molar-refractivity contribution in [2.75, 3.05) is 51.8 Å². The molecule has 0 bridgehead atoms. The molecule has 6 heteroatoms. The van der Waals surface area contributed by atoms with Crippen LogP contribution in [0.4, 0.5) is 5.69 Å². The lowest BCUT2D eigenvalue weighted by atomic mass is 10.1. The van der Waals surface area contributed by atoms with E-state index in [0.29, 0.717) is 5.92 Å². The zero-order chi connectivity index (χ0) is 21.5. The Kier molecular flexibility index (Phi) is 7.18. The summed E-state index contributed by atoms with van der Waals surface area (Å²) in [4.78, 5) is 9.33. The number of hydrogen-bond donors (Lipinski definition) is 1. The molecule has 0 amide bonds. The normalized spacial score (nSPS) is 20.1. The monoisotopic (exact) mass is 422 g/mol. The van der Waals surface area contributed by atoms with Gasteiger partial charge >= 0.3 is 0 Å². The predicted octanol–water partition coefficient (Wildman–Crippen LogP) is 3.64. The second-order valence-corrected chi connectivity index (χ2v) is 8.32. The molecular formula is C25H34N4O2. The van der Waals surface area contributed by atoms with Crippen molar-refractivity contribution >= 4 is 11.6 Å². The lowest BCUT2D eigenvalue weighted by Crippen LogP contribution is -2.48. The van der Waals surface area contributed by atoms with Gasteiger partial charge in [0.2, 0.25) is 0 Å². The molecule has 1 N–H and O–H groups in total. The summed E-state index contributed by atoms with van der Waals surface area (Å²) >= 11 is 0. The largest absolute Gasteiger partial charge is 0.495 e. The van der Waals surface area contributed by atoms with Gasteiger partial charge in [-0.05, 0) is 36.6 Å². The fourth-order valence-corrected chi connectivity index (χ4v) is 4.55. The molecule has 0 radical (unpaired) electrons. The molecule has 166 valence electrons. The van der Waals surface area contributed by atoms with E-state index in [0.717, 1.165) is 63.0 Å². The molecule has 2 heterocycles. The van der Waals surface area contributed by atoms with E-state index >= 15 is 0 Å². The lowest BCUT2D eigenvalue weighted by Gasteiger charge is -2.34. The van der Waals surface area contributed by atoms with Gasteiger partial charge in [0.05, 0.1) is 12.8 Å². The maximum absolute atomic E-state index is 6.13. The molecule has 2 aromatic rings. The van der Waals surface area contributed by atoms with E-state index in [1.165, 1.54) is 12.1 Å². The van der Waals surface area contributed by atoms with Gasteiger partial charge < -0.3 is 24.6 Å². The summed E-state index contributed by atoms with van der Waals surface area (Å²) in [6, 6.07) is 18.4. The first-order valence-electron chi connectivity index (χ1n) is 11.3. The third-order valence-electron chi connectivity index (χ3n) is 6.26. The predicted molar refractivity (Wildman–Crippen MR) is 126 cm³/mol. The van der Waals surface area contributed by atoms with Crippen molar-refractivity contribution in [2.45, 2.75) is 25.4 Å². The Hall–Kier alpha value is -2.89. The molecule has 0 aliphatic carbocycles. The van der Waals surface area contributed by atoms with Crippen LogP contribution < -0.4 is 19.7 Å². The Bertz CT molecular complexity index is 850. The average molecular weight is 423 g/mol. The smallest absolute Gasteiger partial charge is 0.193 e. The van der Waals surface area contributed by atoms with Gasteiger partial charge in [-0.15, -0.1) is 0 Å². The fourth-order valence-electron chi connectivity index (χ4n) is 4.55. The molecule has 2 aliphatic rings. The van der Waals surface area contributed by atoms with Crippen LogP contribution >= 0.6 is 0 Å². The Morgan fingerprint density at radius 3 is 2.48 bits per heavy atom. The summed E-state index contributed by atoms with van der Waals surface area (Å²) in [7, 11) is 3.62. The minimum atomic E-state index is 0.279. The first-order valence-corrected chi connectivity index (χ1v) is 11.3. The van der Waals surface area contributed by atoms with Crippen LogP contribution in [0.1, 0.15) is 19.3 Å². The lowest BCUT2D eigenvalue weighted by molar-refractivity contribution is 0.129. The highest BCUT2D eigenvalue weighted by molar-refractivity contribution is 5.80. The molecule has 2 saturated heterocycles. The Morgan fingerprint density at radius 1 is 1.00 bits per heavy atom.